The van der Waals surface area contributed by atoms with Crippen molar-refractivity contribution in [1.82, 2.24) is 9.88 Å². The number of thiazole rings is 1. The predicted molar refractivity (Wildman–Crippen MR) is 70.4 cm³/mol. The molecule has 0 aromatic carbocycles. The Kier molecular flexibility index (Phi) is 4.14. The van der Waals surface area contributed by atoms with E-state index >= 15 is 0 Å². The second-order valence-corrected chi connectivity index (χ2v) is 5.82. The standard InChI is InChI=1S/C12H21N3OS/c1-8-12(17-10(3)14-8)9(2)15-4-5-16-11(6-13)7-15/h9,11H,4-7,13H2,1-3H3. The van der Waals surface area contributed by atoms with Crippen LogP contribution in [0.5, 0.6) is 0 Å². The van der Waals surface area contributed by atoms with Crippen LogP contribution in [-0.4, -0.2) is 42.2 Å². The number of aryl methyl sites for hydroxylation is 2. The van der Waals surface area contributed by atoms with E-state index in [4.69, 9.17) is 10.5 Å². The summed E-state index contributed by atoms with van der Waals surface area (Å²) in [5.41, 5.74) is 6.84. The molecule has 1 saturated heterocycles. The molecule has 1 aliphatic heterocycles. The number of nitrogens with two attached hydrogens (primary N) is 1. The molecular formula is C12H21N3OS. The lowest BCUT2D eigenvalue weighted by Crippen LogP contribution is -2.46. The highest BCUT2D eigenvalue weighted by molar-refractivity contribution is 7.11. The number of rotatable bonds is 3. The Hall–Kier alpha value is -0.490. The second-order valence-electron chi connectivity index (χ2n) is 4.58. The van der Waals surface area contributed by atoms with E-state index in [9.17, 15) is 0 Å². The van der Waals surface area contributed by atoms with Gasteiger partial charge in [-0.25, -0.2) is 4.98 Å². The molecule has 1 aromatic heterocycles. The summed E-state index contributed by atoms with van der Waals surface area (Å²) >= 11 is 1.80. The first kappa shape index (κ1) is 13.0. The van der Waals surface area contributed by atoms with E-state index in [0.29, 0.717) is 12.6 Å². The third kappa shape index (κ3) is 2.85. The maximum atomic E-state index is 5.68. The van der Waals surface area contributed by atoms with Gasteiger partial charge in [0, 0.05) is 30.6 Å². The van der Waals surface area contributed by atoms with Gasteiger partial charge in [0.2, 0.25) is 0 Å². The van der Waals surface area contributed by atoms with Crippen LogP contribution in [0.25, 0.3) is 0 Å². The van der Waals surface area contributed by atoms with Crippen molar-refractivity contribution >= 4 is 11.3 Å². The summed E-state index contributed by atoms with van der Waals surface area (Å²) in [4.78, 5) is 8.32. The van der Waals surface area contributed by atoms with Gasteiger partial charge in [-0.15, -0.1) is 11.3 Å². The van der Waals surface area contributed by atoms with Crippen LogP contribution in [-0.2, 0) is 4.74 Å². The third-order valence-electron chi connectivity index (χ3n) is 3.30. The predicted octanol–water partition coefficient (Wildman–Crippen LogP) is 1.48. The number of morpholine rings is 1. The number of nitrogens with zero attached hydrogens (tertiary/aromatic N) is 2. The van der Waals surface area contributed by atoms with E-state index in [1.165, 1.54) is 4.88 Å². The Balaban J connectivity index is 2.08. The number of ether oxygens (including phenoxy) is 1. The molecule has 1 fully saturated rings. The lowest BCUT2D eigenvalue weighted by Gasteiger charge is -2.36. The Bertz CT molecular complexity index is 380. The highest BCUT2D eigenvalue weighted by atomic mass is 32.1. The smallest absolute Gasteiger partial charge is 0.0900 e. The lowest BCUT2D eigenvalue weighted by molar-refractivity contribution is -0.0360. The average Bonchev–Trinajstić information content (AvgIpc) is 2.67. The lowest BCUT2D eigenvalue weighted by atomic mass is 10.1. The molecule has 0 radical (unpaired) electrons. The first-order valence-corrected chi connectivity index (χ1v) is 6.93. The molecule has 17 heavy (non-hydrogen) atoms. The monoisotopic (exact) mass is 255 g/mol. The van der Waals surface area contributed by atoms with E-state index in [2.05, 4.69) is 30.7 Å². The maximum absolute atomic E-state index is 5.68. The number of hydrogen-bond donors (Lipinski definition) is 1. The number of aromatic nitrogens is 1. The zero-order chi connectivity index (χ0) is 12.4. The molecule has 2 N–H and O–H groups in total. The van der Waals surface area contributed by atoms with Gasteiger partial charge in [-0.05, 0) is 20.8 Å². The van der Waals surface area contributed by atoms with Crippen LogP contribution >= 0.6 is 11.3 Å². The molecule has 0 bridgehead atoms. The van der Waals surface area contributed by atoms with Crippen LogP contribution in [0.4, 0.5) is 0 Å². The van der Waals surface area contributed by atoms with Gasteiger partial charge in [-0.1, -0.05) is 0 Å². The Morgan fingerprint density at radius 2 is 2.35 bits per heavy atom. The van der Waals surface area contributed by atoms with E-state index in [1.807, 2.05) is 0 Å². The van der Waals surface area contributed by atoms with Crippen LogP contribution in [0.15, 0.2) is 0 Å². The Labute approximate surface area is 107 Å². The van der Waals surface area contributed by atoms with Crippen molar-refractivity contribution in [3.63, 3.8) is 0 Å². The fraction of sp³-hybridized carbons (Fsp3) is 0.750. The van der Waals surface area contributed by atoms with Crippen LogP contribution in [0.3, 0.4) is 0 Å². The summed E-state index contributed by atoms with van der Waals surface area (Å²) in [7, 11) is 0. The molecule has 0 spiro atoms. The van der Waals surface area contributed by atoms with Gasteiger partial charge in [-0.3, -0.25) is 4.90 Å². The van der Waals surface area contributed by atoms with Crippen molar-refractivity contribution in [2.45, 2.75) is 32.9 Å². The van der Waals surface area contributed by atoms with E-state index < -0.39 is 0 Å². The van der Waals surface area contributed by atoms with Crippen LogP contribution < -0.4 is 5.73 Å². The van der Waals surface area contributed by atoms with Gasteiger partial charge in [0.15, 0.2) is 0 Å². The van der Waals surface area contributed by atoms with Crippen molar-refractivity contribution in [1.29, 1.82) is 0 Å². The first-order valence-electron chi connectivity index (χ1n) is 6.11. The molecule has 1 aliphatic rings. The largest absolute Gasteiger partial charge is 0.374 e. The summed E-state index contributed by atoms with van der Waals surface area (Å²) in [5.74, 6) is 0. The normalized spacial score (nSPS) is 23.9. The van der Waals surface area contributed by atoms with Crippen molar-refractivity contribution < 1.29 is 4.74 Å². The minimum Gasteiger partial charge on any atom is -0.374 e. The summed E-state index contributed by atoms with van der Waals surface area (Å²) in [6, 6.07) is 0.416. The summed E-state index contributed by atoms with van der Waals surface area (Å²) in [6.45, 7) is 9.69. The summed E-state index contributed by atoms with van der Waals surface area (Å²) in [6.07, 6.45) is 0.181. The van der Waals surface area contributed by atoms with Gasteiger partial charge in [-0.2, -0.15) is 0 Å². The zero-order valence-electron chi connectivity index (χ0n) is 10.8. The molecule has 0 amide bonds. The minimum atomic E-state index is 0.181. The van der Waals surface area contributed by atoms with Crippen LogP contribution in [0.2, 0.25) is 0 Å². The summed E-state index contributed by atoms with van der Waals surface area (Å²) in [5, 5.41) is 1.15. The van der Waals surface area contributed by atoms with Gasteiger partial charge in [0.25, 0.3) is 0 Å². The molecule has 0 aliphatic carbocycles. The zero-order valence-corrected chi connectivity index (χ0v) is 11.6. The van der Waals surface area contributed by atoms with E-state index in [-0.39, 0.29) is 6.10 Å². The topological polar surface area (TPSA) is 51.4 Å². The molecule has 1 aromatic rings. The Morgan fingerprint density at radius 1 is 1.59 bits per heavy atom. The highest BCUT2D eigenvalue weighted by Crippen LogP contribution is 2.29. The van der Waals surface area contributed by atoms with Gasteiger partial charge in [0.05, 0.1) is 23.4 Å². The molecule has 2 heterocycles. The van der Waals surface area contributed by atoms with E-state index in [1.54, 1.807) is 11.3 Å². The number of hydrogen-bond acceptors (Lipinski definition) is 5. The average molecular weight is 255 g/mol. The molecule has 2 atom stereocenters. The molecule has 4 nitrogen and oxygen atoms in total. The van der Waals surface area contributed by atoms with Crippen molar-refractivity contribution in [3.05, 3.63) is 15.6 Å². The molecule has 2 unspecified atom stereocenters. The van der Waals surface area contributed by atoms with E-state index in [0.717, 1.165) is 30.4 Å². The molecular weight excluding hydrogens is 234 g/mol. The first-order chi connectivity index (χ1) is 8.11. The fourth-order valence-corrected chi connectivity index (χ4v) is 3.35. The van der Waals surface area contributed by atoms with Crippen molar-refractivity contribution in [3.8, 4) is 0 Å². The SMILES string of the molecule is Cc1nc(C)c(C(C)N2CCOC(CN)C2)s1. The van der Waals surface area contributed by atoms with Crippen molar-refractivity contribution in [2.75, 3.05) is 26.2 Å². The van der Waals surface area contributed by atoms with Gasteiger partial charge >= 0.3 is 0 Å². The van der Waals surface area contributed by atoms with Gasteiger partial charge < -0.3 is 10.5 Å². The fourth-order valence-electron chi connectivity index (χ4n) is 2.34. The highest BCUT2D eigenvalue weighted by Gasteiger charge is 2.26. The maximum Gasteiger partial charge on any atom is 0.0900 e. The van der Waals surface area contributed by atoms with Crippen molar-refractivity contribution in [2.24, 2.45) is 5.73 Å². The third-order valence-corrected chi connectivity index (χ3v) is 4.54. The quantitative estimate of drug-likeness (QED) is 0.889. The molecule has 96 valence electrons. The van der Waals surface area contributed by atoms with Gasteiger partial charge in [0.1, 0.15) is 0 Å². The van der Waals surface area contributed by atoms with Crippen LogP contribution in [0, 0.1) is 13.8 Å². The second kappa shape index (κ2) is 5.44. The summed E-state index contributed by atoms with van der Waals surface area (Å²) < 4.78 is 5.60. The van der Waals surface area contributed by atoms with Crippen LogP contribution in [0.1, 0.15) is 28.5 Å². The molecule has 5 heteroatoms. The molecule has 2 rings (SSSR count). The molecule has 0 saturated carbocycles. The Morgan fingerprint density at radius 3 is 2.94 bits per heavy atom. The minimum absolute atomic E-state index is 0.181.